The molecule has 2 aliphatic rings. The second-order valence-electron chi connectivity index (χ2n) is 7.98. The molecule has 0 saturated heterocycles. The molecule has 0 aromatic rings. The van der Waals surface area contributed by atoms with Crippen molar-refractivity contribution in [3.05, 3.63) is 22.8 Å². The lowest BCUT2D eigenvalue weighted by atomic mass is 9.76. The van der Waals surface area contributed by atoms with Gasteiger partial charge in [-0.1, -0.05) is 25.5 Å². The van der Waals surface area contributed by atoms with E-state index < -0.39 is 29.2 Å². The normalized spacial score (nSPS) is 36.5. The molecule has 0 aromatic heterocycles. The minimum absolute atomic E-state index is 0.00978. The lowest BCUT2D eigenvalue weighted by Gasteiger charge is -2.42. The van der Waals surface area contributed by atoms with Crippen molar-refractivity contribution in [2.75, 3.05) is 0 Å². The summed E-state index contributed by atoms with van der Waals surface area (Å²) in [6, 6.07) is 0. The Hall–Kier alpha value is -1.46. The average Bonchev–Trinajstić information content (AvgIpc) is 2.82. The molecule has 0 amide bonds. The maximum atomic E-state index is 13.1. The van der Waals surface area contributed by atoms with Crippen LogP contribution in [0.4, 0.5) is 0 Å². The number of aliphatic hydroxyl groups is 2. The van der Waals surface area contributed by atoms with Crippen molar-refractivity contribution in [2.24, 2.45) is 11.8 Å². The first-order valence-corrected chi connectivity index (χ1v) is 9.00. The first kappa shape index (κ1) is 19.9. The third-order valence-electron chi connectivity index (χ3n) is 6.03. The second-order valence-corrected chi connectivity index (χ2v) is 7.98. The van der Waals surface area contributed by atoms with Gasteiger partial charge in [-0.15, -0.1) is 0 Å². The molecule has 0 unspecified atom stereocenters. The van der Waals surface area contributed by atoms with Crippen LogP contribution in [0.2, 0.25) is 0 Å². The van der Waals surface area contributed by atoms with E-state index in [0.29, 0.717) is 17.6 Å². The Morgan fingerprint density at radius 3 is 2.48 bits per heavy atom. The summed E-state index contributed by atoms with van der Waals surface area (Å²) in [7, 11) is 0. The number of fused-ring (bicyclic) bond motifs is 1. The van der Waals surface area contributed by atoms with E-state index in [1.54, 1.807) is 19.9 Å². The Balaban J connectivity index is 2.54. The lowest BCUT2D eigenvalue weighted by molar-refractivity contribution is -0.194. The number of carbonyl (C=O) groups excluding carboxylic acids is 2. The summed E-state index contributed by atoms with van der Waals surface area (Å²) in [4.78, 5) is 25.4. The molecule has 25 heavy (non-hydrogen) atoms. The van der Waals surface area contributed by atoms with Crippen molar-refractivity contribution in [3.63, 3.8) is 0 Å². The van der Waals surface area contributed by atoms with Gasteiger partial charge in [0.05, 0.1) is 0 Å². The summed E-state index contributed by atoms with van der Waals surface area (Å²) < 4.78 is 5.58. The first-order valence-electron chi connectivity index (χ1n) is 9.00. The van der Waals surface area contributed by atoms with Gasteiger partial charge in [-0.2, -0.15) is 0 Å². The predicted molar refractivity (Wildman–Crippen MR) is 94.8 cm³/mol. The van der Waals surface area contributed by atoms with Crippen LogP contribution in [-0.2, 0) is 14.3 Å². The van der Waals surface area contributed by atoms with E-state index in [2.05, 4.69) is 0 Å². The molecule has 140 valence electrons. The topological polar surface area (TPSA) is 83.8 Å². The molecule has 0 spiro atoms. The van der Waals surface area contributed by atoms with E-state index in [4.69, 9.17) is 4.74 Å². The highest BCUT2D eigenvalue weighted by Gasteiger charge is 2.61. The SMILES string of the molecule is C/C=C(/C)C(=O)O[C@@H]1C[C@H](C(C)C)C(=O)C2=C(C)CC[C@]2(O)[C@@]1(C)O. The van der Waals surface area contributed by atoms with Gasteiger partial charge in [0, 0.05) is 17.1 Å². The molecule has 2 rings (SSSR count). The Morgan fingerprint density at radius 2 is 1.96 bits per heavy atom. The van der Waals surface area contributed by atoms with E-state index in [1.807, 2.05) is 20.8 Å². The monoisotopic (exact) mass is 350 g/mol. The van der Waals surface area contributed by atoms with Gasteiger partial charge in [0.25, 0.3) is 0 Å². The minimum atomic E-state index is -1.73. The molecule has 5 heteroatoms. The van der Waals surface area contributed by atoms with Crippen LogP contribution in [-0.4, -0.2) is 39.3 Å². The van der Waals surface area contributed by atoms with Crippen molar-refractivity contribution in [3.8, 4) is 0 Å². The number of allylic oxidation sites excluding steroid dienone is 2. The number of hydrogen-bond donors (Lipinski definition) is 2. The molecule has 4 atom stereocenters. The minimum Gasteiger partial charge on any atom is -0.456 e. The molecule has 2 aliphatic carbocycles. The number of esters is 1. The fourth-order valence-corrected chi connectivity index (χ4v) is 3.99. The highest BCUT2D eigenvalue weighted by Crippen LogP contribution is 2.50. The average molecular weight is 350 g/mol. The highest BCUT2D eigenvalue weighted by atomic mass is 16.6. The Bertz CT molecular complexity index is 640. The second kappa shape index (κ2) is 6.69. The summed E-state index contributed by atoms with van der Waals surface area (Å²) in [6.07, 6.45) is 1.69. The Labute approximate surface area is 149 Å². The smallest absolute Gasteiger partial charge is 0.333 e. The molecule has 5 nitrogen and oxygen atoms in total. The van der Waals surface area contributed by atoms with Gasteiger partial charge in [0.15, 0.2) is 5.78 Å². The van der Waals surface area contributed by atoms with Crippen molar-refractivity contribution >= 4 is 11.8 Å². The van der Waals surface area contributed by atoms with Gasteiger partial charge in [0.1, 0.15) is 17.3 Å². The van der Waals surface area contributed by atoms with Crippen LogP contribution < -0.4 is 0 Å². The van der Waals surface area contributed by atoms with Crippen LogP contribution in [0.15, 0.2) is 22.8 Å². The molecule has 0 aliphatic heterocycles. The van der Waals surface area contributed by atoms with Crippen LogP contribution in [0.3, 0.4) is 0 Å². The predicted octanol–water partition coefficient (Wildman–Crippen LogP) is 2.70. The van der Waals surface area contributed by atoms with Gasteiger partial charge in [-0.3, -0.25) is 4.79 Å². The van der Waals surface area contributed by atoms with Gasteiger partial charge < -0.3 is 14.9 Å². The van der Waals surface area contributed by atoms with Crippen molar-refractivity contribution in [1.29, 1.82) is 0 Å². The number of hydrogen-bond acceptors (Lipinski definition) is 5. The fourth-order valence-electron chi connectivity index (χ4n) is 3.99. The molecule has 2 N–H and O–H groups in total. The molecular formula is C20H30O5. The number of carbonyl (C=O) groups is 2. The van der Waals surface area contributed by atoms with Crippen LogP contribution in [0.5, 0.6) is 0 Å². The molecule has 0 bridgehead atoms. The van der Waals surface area contributed by atoms with Crippen molar-refractivity contribution < 1.29 is 24.5 Å². The third kappa shape index (κ3) is 3.08. The first-order chi connectivity index (χ1) is 11.5. The Kier molecular flexibility index (Phi) is 5.31. The molecule has 0 heterocycles. The van der Waals surface area contributed by atoms with Crippen molar-refractivity contribution in [1.82, 2.24) is 0 Å². The van der Waals surface area contributed by atoms with E-state index in [9.17, 15) is 19.8 Å². The maximum Gasteiger partial charge on any atom is 0.333 e. The summed E-state index contributed by atoms with van der Waals surface area (Å²) in [5.74, 6) is -1.06. The Morgan fingerprint density at radius 1 is 1.36 bits per heavy atom. The number of ether oxygens (including phenoxy) is 1. The number of ketones is 1. The van der Waals surface area contributed by atoms with Crippen molar-refractivity contribution in [2.45, 2.75) is 78.1 Å². The van der Waals surface area contributed by atoms with Crippen LogP contribution >= 0.6 is 0 Å². The molecule has 0 aromatic carbocycles. The summed E-state index contributed by atoms with van der Waals surface area (Å²) in [6.45, 7) is 10.5. The van der Waals surface area contributed by atoms with Gasteiger partial charge in [0.2, 0.25) is 0 Å². The van der Waals surface area contributed by atoms with Gasteiger partial charge in [-0.05, 0) is 52.9 Å². The van der Waals surface area contributed by atoms with Crippen LogP contribution in [0.25, 0.3) is 0 Å². The molecular weight excluding hydrogens is 320 g/mol. The molecule has 0 radical (unpaired) electrons. The summed E-state index contributed by atoms with van der Waals surface area (Å²) in [5, 5.41) is 22.6. The zero-order valence-corrected chi connectivity index (χ0v) is 16.0. The molecule has 1 saturated carbocycles. The molecule has 1 fully saturated rings. The van der Waals surface area contributed by atoms with E-state index >= 15 is 0 Å². The standard InChI is InChI=1S/C20H30O5/c1-7-12(4)18(22)25-15-10-14(11(2)3)17(21)16-13(5)8-9-20(16,24)19(15,6)23/h7,11,14-15,23-24H,8-10H2,1-6H3/b12-7-/t14-,15-,19+,20-/m1/s1. The van der Waals surface area contributed by atoms with Gasteiger partial charge in [-0.25, -0.2) is 4.79 Å². The van der Waals surface area contributed by atoms with E-state index in [1.165, 1.54) is 6.92 Å². The van der Waals surface area contributed by atoms with Crippen LogP contribution in [0, 0.1) is 11.8 Å². The maximum absolute atomic E-state index is 13.1. The number of rotatable bonds is 3. The zero-order valence-electron chi connectivity index (χ0n) is 16.0. The number of Topliss-reactive ketones (excluding diaryl/α,β-unsaturated/α-hetero) is 1. The third-order valence-corrected chi connectivity index (χ3v) is 6.03. The van der Waals surface area contributed by atoms with Gasteiger partial charge >= 0.3 is 5.97 Å². The fraction of sp³-hybridized carbons (Fsp3) is 0.700. The lowest BCUT2D eigenvalue weighted by Crippen LogP contribution is -2.59. The summed E-state index contributed by atoms with van der Waals surface area (Å²) >= 11 is 0. The quantitative estimate of drug-likeness (QED) is 0.604. The largest absolute Gasteiger partial charge is 0.456 e. The zero-order chi connectivity index (χ0) is 19.2. The highest BCUT2D eigenvalue weighted by molar-refractivity contribution is 6.01. The van der Waals surface area contributed by atoms with E-state index in [-0.39, 0.29) is 24.5 Å². The van der Waals surface area contributed by atoms with Crippen LogP contribution in [0.1, 0.15) is 60.8 Å². The summed E-state index contributed by atoms with van der Waals surface area (Å²) in [5.41, 5.74) is -1.86. The van der Waals surface area contributed by atoms with E-state index in [0.717, 1.165) is 5.57 Å².